The Balaban J connectivity index is 1.84. The highest BCUT2D eigenvalue weighted by molar-refractivity contribution is 6.15. The summed E-state index contributed by atoms with van der Waals surface area (Å²) in [6.07, 6.45) is 3.73. The maximum absolute atomic E-state index is 12.4. The number of carbonyl (C=O) groups is 2. The molecule has 0 aromatic heterocycles. The number of hydrogen-bond acceptors (Lipinski definition) is 2. The molecule has 2 heteroatoms. The third-order valence-electron chi connectivity index (χ3n) is 5.97. The molecule has 0 aromatic carbocycles. The molecule has 0 aromatic rings. The van der Waals surface area contributed by atoms with Crippen LogP contribution in [0.3, 0.4) is 0 Å². The zero-order valence-electron chi connectivity index (χ0n) is 9.90. The Hall–Kier alpha value is -0.660. The van der Waals surface area contributed by atoms with E-state index in [-0.39, 0.29) is 23.4 Å². The Morgan fingerprint density at radius 3 is 1.75 bits per heavy atom. The van der Waals surface area contributed by atoms with Crippen LogP contribution < -0.4 is 0 Å². The summed E-state index contributed by atoms with van der Waals surface area (Å²) in [6.45, 7) is 3.70. The van der Waals surface area contributed by atoms with Crippen LogP contribution in [0.1, 0.15) is 33.1 Å². The zero-order valence-corrected chi connectivity index (χ0v) is 9.90. The highest BCUT2D eigenvalue weighted by Crippen LogP contribution is 2.69. The molecule has 2 nitrogen and oxygen atoms in total. The van der Waals surface area contributed by atoms with Gasteiger partial charge >= 0.3 is 0 Å². The lowest BCUT2D eigenvalue weighted by atomic mass is 9.59. The minimum atomic E-state index is -0.674. The molecule has 5 aliphatic rings. The van der Waals surface area contributed by atoms with Crippen LogP contribution in [0, 0.1) is 40.9 Å². The molecule has 5 saturated carbocycles. The third kappa shape index (κ3) is 0.802. The third-order valence-corrected chi connectivity index (χ3v) is 5.97. The molecule has 0 aliphatic heterocycles. The fourth-order valence-electron chi connectivity index (χ4n) is 5.13. The number of Topliss-reactive ketones (excluding diaryl/α,β-unsaturated/α-hetero) is 2. The molecule has 0 saturated heterocycles. The Kier molecular flexibility index (Phi) is 1.43. The van der Waals surface area contributed by atoms with Crippen LogP contribution in [0.15, 0.2) is 0 Å². The summed E-state index contributed by atoms with van der Waals surface area (Å²) >= 11 is 0. The van der Waals surface area contributed by atoms with Gasteiger partial charge in [0.2, 0.25) is 0 Å². The highest BCUT2D eigenvalue weighted by atomic mass is 16.2. The van der Waals surface area contributed by atoms with Crippen molar-refractivity contribution < 1.29 is 9.59 Å². The van der Waals surface area contributed by atoms with E-state index in [2.05, 4.69) is 0 Å². The summed E-state index contributed by atoms with van der Waals surface area (Å²) in [4.78, 5) is 24.8. The van der Waals surface area contributed by atoms with E-state index in [1.54, 1.807) is 0 Å². The Labute approximate surface area is 95.8 Å². The molecule has 5 aliphatic carbocycles. The van der Waals surface area contributed by atoms with Gasteiger partial charge in [-0.25, -0.2) is 0 Å². The standard InChI is InChI=1S/C14H18O2/c1-14(2)12(15)10-6-3-4-7(9-5-8(6)9)11(10)13(14)16/h6-11H,3-5H2,1-2H3. The molecule has 86 valence electrons. The lowest BCUT2D eigenvalue weighted by Gasteiger charge is -2.43. The maximum atomic E-state index is 12.4. The number of hydrogen-bond donors (Lipinski definition) is 0. The molecule has 6 atom stereocenters. The molecule has 5 rings (SSSR count). The van der Waals surface area contributed by atoms with Crippen molar-refractivity contribution in [1.29, 1.82) is 0 Å². The monoisotopic (exact) mass is 218 g/mol. The first-order chi connectivity index (χ1) is 7.53. The van der Waals surface area contributed by atoms with Crippen LogP contribution in [0.2, 0.25) is 0 Å². The number of rotatable bonds is 0. The van der Waals surface area contributed by atoms with Crippen LogP contribution >= 0.6 is 0 Å². The van der Waals surface area contributed by atoms with Crippen molar-refractivity contribution >= 4 is 11.6 Å². The fraction of sp³-hybridized carbons (Fsp3) is 0.857. The molecular weight excluding hydrogens is 200 g/mol. The molecular formula is C14H18O2. The summed E-state index contributed by atoms with van der Waals surface area (Å²) in [5, 5.41) is 0. The van der Waals surface area contributed by atoms with E-state index in [4.69, 9.17) is 0 Å². The van der Waals surface area contributed by atoms with Gasteiger partial charge in [-0.1, -0.05) is 0 Å². The van der Waals surface area contributed by atoms with Gasteiger partial charge in [-0.3, -0.25) is 9.59 Å². The smallest absolute Gasteiger partial charge is 0.149 e. The minimum Gasteiger partial charge on any atom is -0.298 e. The molecule has 0 N–H and O–H groups in total. The predicted molar refractivity (Wildman–Crippen MR) is 58.6 cm³/mol. The zero-order chi connectivity index (χ0) is 11.2. The van der Waals surface area contributed by atoms with Gasteiger partial charge in [-0.2, -0.15) is 0 Å². The molecule has 0 spiro atoms. The van der Waals surface area contributed by atoms with E-state index in [9.17, 15) is 9.59 Å². The average Bonchev–Trinajstić information content (AvgIpc) is 3.03. The topological polar surface area (TPSA) is 34.1 Å². The quantitative estimate of drug-likeness (QED) is 0.583. The van der Waals surface area contributed by atoms with Crippen molar-refractivity contribution in [2.24, 2.45) is 40.9 Å². The van der Waals surface area contributed by atoms with Gasteiger partial charge < -0.3 is 0 Å². The van der Waals surface area contributed by atoms with E-state index < -0.39 is 5.41 Å². The van der Waals surface area contributed by atoms with Crippen LogP contribution in [0.5, 0.6) is 0 Å². The van der Waals surface area contributed by atoms with E-state index in [0.29, 0.717) is 11.8 Å². The van der Waals surface area contributed by atoms with Crippen molar-refractivity contribution in [3.05, 3.63) is 0 Å². The van der Waals surface area contributed by atoms with Crippen molar-refractivity contribution in [2.45, 2.75) is 33.1 Å². The van der Waals surface area contributed by atoms with Crippen LogP contribution in [-0.4, -0.2) is 11.6 Å². The number of fused-ring (bicyclic) bond motifs is 1. The van der Waals surface area contributed by atoms with E-state index in [1.807, 2.05) is 13.8 Å². The largest absolute Gasteiger partial charge is 0.298 e. The van der Waals surface area contributed by atoms with E-state index in [0.717, 1.165) is 11.8 Å². The number of ketones is 2. The highest BCUT2D eigenvalue weighted by Gasteiger charge is 2.70. The summed E-state index contributed by atoms with van der Waals surface area (Å²) in [5.41, 5.74) is -0.674. The molecule has 16 heavy (non-hydrogen) atoms. The second kappa shape index (κ2) is 2.44. The fourth-order valence-corrected chi connectivity index (χ4v) is 5.13. The predicted octanol–water partition coefficient (Wildman–Crippen LogP) is 2.07. The lowest BCUT2D eigenvalue weighted by Crippen LogP contribution is -2.43. The van der Waals surface area contributed by atoms with Gasteiger partial charge in [0.1, 0.15) is 11.6 Å². The summed E-state index contributed by atoms with van der Waals surface area (Å²) in [6, 6.07) is 0. The first-order valence-corrected chi connectivity index (χ1v) is 6.62. The summed E-state index contributed by atoms with van der Waals surface area (Å²) < 4.78 is 0. The van der Waals surface area contributed by atoms with Crippen molar-refractivity contribution in [3.63, 3.8) is 0 Å². The van der Waals surface area contributed by atoms with Gasteiger partial charge in [0.25, 0.3) is 0 Å². The second-order valence-electron chi connectivity index (χ2n) is 6.87. The van der Waals surface area contributed by atoms with Gasteiger partial charge in [0.05, 0.1) is 5.41 Å². The summed E-state index contributed by atoms with van der Waals surface area (Å²) in [5.74, 6) is 3.52. The van der Waals surface area contributed by atoms with Crippen LogP contribution in [0.4, 0.5) is 0 Å². The first kappa shape index (κ1) is 9.38. The Bertz CT molecular complexity index is 373. The van der Waals surface area contributed by atoms with Crippen LogP contribution in [-0.2, 0) is 9.59 Å². The average molecular weight is 218 g/mol. The summed E-state index contributed by atoms with van der Waals surface area (Å²) in [7, 11) is 0. The molecule has 0 amide bonds. The van der Waals surface area contributed by atoms with Crippen molar-refractivity contribution in [1.82, 2.24) is 0 Å². The molecule has 2 bridgehead atoms. The van der Waals surface area contributed by atoms with Crippen molar-refractivity contribution in [2.75, 3.05) is 0 Å². The second-order valence-corrected chi connectivity index (χ2v) is 6.87. The minimum absolute atomic E-state index is 0.116. The Morgan fingerprint density at radius 2 is 1.31 bits per heavy atom. The maximum Gasteiger partial charge on any atom is 0.149 e. The Morgan fingerprint density at radius 1 is 0.875 bits per heavy atom. The van der Waals surface area contributed by atoms with E-state index >= 15 is 0 Å². The van der Waals surface area contributed by atoms with Gasteiger partial charge in [-0.15, -0.1) is 0 Å². The van der Waals surface area contributed by atoms with Gasteiger partial charge in [-0.05, 0) is 56.8 Å². The molecule has 5 fully saturated rings. The first-order valence-electron chi connectivity index (χ1n) is 6.62. The van der Waals surface area contributed by atoms with Gasteiger partial charge in [0, 0.05) is 11.8 Å². The molecule has 0 heterocycles. The van der Waals surface area contributed by atoms with Gasteiger partial charge in [0.15, 0.2) is 0 Å². The van der Waals surface area contributed by atoms with Crippen molar-refractivity contribution in [3.8, 4) is 0 Å². The van der Waals surface area contributed by atoms with Crippen LogP contribution in [0.25, 0.3) is 0 Å². The lowest BCUT2D eigenvalue weighted by molar-refractivity contribution is -0.134. The SMILES string of the molecule is CC1(C)C(=O)C2C3CCC(C4CC43)C2C1=O. The number of carbonyl (C=O) groups excluding carboxylic acids is 2. The molecule has 6 unspecified atom stereocenters. The molecule has 0 radical (unpaired) electrons. The van der Waals surface area contributed by atoms with E-state index in [1.165, 1.54) is 19.3 Å². The normalized spacial score (nSPS) is 56.1.